The van der Waals surface area contributed by atoms with E-state index in [0.29, 0.717) is 38.4 Å². The fourth-order valence-corrected chi connectivity index (χ4v) is 1.96. The zero-order valence-corrected chi connectivity index (χ0v) is 13.1. The van der Waals surface area contributed by atoms with Crippen LogP contribution in [0.4, 0.5) is 4.79 Å². The summed E-state index contributed by atoms with van der Waals surface area (Å²) in [7, 11) is 0. The Hall–Kier alpha value is -1.77. The molecule has 0 spiro atoms. The van der Waals surface area contributed by atoms with Crippen molar-refractivity contribution in [1.29, 1.82) is 5.26 Å². The number of nitrogens with one attached hydrogen (secondary N) is 1. The monoisotopic (exact) mass is 297 g/mol. The van der Waals surface area contributed by atoms with Gasteiger partial charge in [-0.25, -0.2) is 4.79 Å². The van der Waals surface area contributed by atoms with Crippen LogP contribution in [0.15, 0.2) is 0 Å². The molecule has 0 heterocycles. The number of amides is 2. The quantitative estimate of drug-likeness (QED) is 0.573. The summed E-state index contributed by atoms with van der Waals surface area (Å²) in [6, 6.07) is 1.94. The van der Waals surface area contributed by atoms with Gasteiger partial charge in [0.15, 0.2) is 0 Å². The molecule has 0 saturated carbocycles. The normalized spacial score (nSPS) is 10.2. The number of urea groups is 1. The van der Waals surface area contributed by atoms with Crippen LogP contribution in [0.2, 0.25) is 0 Å². The summed E-state index contributed by atoms with van der Waals surface area (Å²) in [6.45, 7) is 5.77. The Balaban J connectivity index is 3.81. The van der Waals surface area contributed by atoms with Gasteiger partial charge in [-0.3, -0.25) is 4.79 Å². The molecule has 0 aromatic rings. The highest BCUT2D eigenvalue weighted by atomic mass is 16.4. The molecular formula is C15H27N3O3. The van der Waals surface area contributed by atoms with Crippen molar-refractivity contribution in [3.8, 4) is 6.07 Å². The minimum Gasteiger partial charge on any atom is -0.481 e. The molecule has 120 valence electrons. The van der Waals surface area contributed by atoms with Crippen LogP contribution < -0.4 is 5.32 Å². The van der Waals surface area contributed by atoms with E-state index in [1.165, 1.54) is 0 Å². The van der Waals surface area contributed by atoms with Gasteiger partial charge in [-0.15, -0.1) is 0 Å². The van der Waals surface area contributed by atoms with Gasteiger partial charge in [0.2, 0.25) is 0 Å². The van der Waals surface area contributed by atoms with Gasteiger partial charge in [-0.1, -0.05) is 26.7 Å². The molecule has 2 N–H and O–H groups in total. The number of carboxylic acid groups (broad SMARTS) is 1. The van der Waals surface area contributed by atoms with E-state index in [1.54, 1.807) is 4.90 Å². The Morgan fingerprint density at radius 2 is 1.90 bits per heavy atom. The second-order valence-corrected chi connectivity index (χ2v) is 5.54. The van der Waals surface area contributed by atoms with Gasteiger partial charge in [0.05, 0.1) is 12.5 Å². The van der Waals surface area contributed by atoms with E-state index in [9.17, 15) is 9.59 Å². The molecule has 0 rings (SSSR count). The van der Waals surface area contributed by atoms with Crippen LogP contribution >= 0.6 is 0 Å². The van der Waals surface area contributed by atoms with Crippen LogP contribution in [0, 0.1) is 17.2 Å². The van der Waals surface area contributed by atoms with Crippen molar-refractivity contribution in [3.05, 3.63) is 0 Å². The van der Waals surface area contributed by atoms with Crippen LogP contribution in [0.5, 0.6) is 0 Å². The van der Waals surface area contributed by atoms with E-state index in [4.69, 9.17) is 10.4 Å². The lowest BCUT2D eigenvalue weighted by Crippen LogP contribution is -2.42. The van der Waals surface area contributed by atoms with Crippen molar-refractivity contribution in [3.63, 3.8) is 0 Å². The molecule has 0 saturated heterocycles. The molecule has 0 aliphatic rings. The number of hydrogen-bond donors (Lipinski definition) is 2. The lowest BCUT2D eigenvalue weighted by Gasteiger charge is -2.24. The van der Waals surface area contributed by atoms with E-state index in [2.05, 4.69) is 11.4 Å². The van der Waals surface area contributed by atoms with Crippen LogP contribution in [0.1, 0.15) is 52.4 Å². The Labute approximate surface area is 127 Å². The topological polar surface area (TPSA) is 93.4 Å². The summed E-state index contributed by atoms with van der Waals surface area (Å²) >= 11 is 0. The zero-order chi connectivity index (χ0) is 16.1. The number of hydrogen-bond acceptors (Lipinski definition) is 3. The van der Waals surface area contributed by atoms with Gasteiger partial charge >= 0.3 is 12.0 Å². The van der Waals surface area contributed by atoms with E-state index in [1.807, 2.05) is 13.8 Å². The summed E-state index contributed by atoms with van der Waals surface area (Å²) in [4.78, 5) is 24.0. The average Bonchev–Trinajstić information content (AvgIpc) is 2.41. The first-order valence-electron chi connectivity index (χ1n) is 7.59. The number of rotatable bonds is 11. The molecular weight excluding hydrogens is 270 g/mol. The van der Waals surface area contributed by atoms with Gasteiger partial charge in [0.1, 0.15) is 0 Å². The molecule has 0 aliphatic heterocycles. The van der Waals surface area contributed by atoms with Gasteiger partial charge in [-0.2, -0.15) is 5.26 Å². The van der Waals surface area contributed by atoms with Crippen LogP contribution in [0.25, 0.3) is 0 Å². The standard InChI is InChI=1S/C15H27N3O3/c1-13(2)12-18(11-7-9-16)15(21)17-10-6-4-3-5-8-14(19)20/h13H,3-8,10-12H2,1-2H3,(H,17,21)(H,19,20). The van der Waals surface area contributed by atoms with Crippen molar-refractivity contribution < 1.29 is 14.7 Å². The maximum absolute atomic E-state index is 12.0. The number of nitriles is 1. The number of unbranched alkanes of at least 4 members (excludes halogenated alkanes) is 3. The van der Waals surface area contributed by atoms with Crippen LogP contribution in [0.3, 0.4) is 0 Å². The van der Waals surface area contributed by atoms with Gasteiger partial charge in [0.25, 0.3) is 0 Å². The zero-order valence-electron chi connectivity index (χ0n) is 13.1. The van der Waals surface area contributed by atoms with Crippen molar-refractivity contribution in [2.75, 3.05) is 19.6 Å². The summed E-state index contributed by atoms with van der Waals surface area (Å²) in [5, 5.41) is 20.0. The van der Waals surface area contributed by atoms with Crippen molar-refractivity contribution in [2.24, 2.45) is 5.92 Å². The minimum absolute atomic E-state index is 0.121. The lowest BCUT2D eigenvalue weighted by molar-refractivity contribution is -0.137. The summed E-state index contributed by atoms with van der Waals surface area (Å²) in [5.74, 6) is -0.393. The second kappa shape index (κ2) is 12.0. The molecule has 0 aliphatic carbocycles. The molecule has 6 heteroatoms. The summed E-state index contributed by atoms with van der Waals surface area (Å²) in [5.41, 5.74) is 0. The van der Waals surface area contributed by atoms with Crippen LogP contribution in [-0.2, 0) is 4.79 Å². The fraction of sp³-hybridized carbons (Fsp3) is 0.800. The average molecular weight is 297 g/mol. The van der Waals surface area contributed by atoms with Crippen molar-refractivity contribution >= 4 is 12.0 Å². The van der Waals surface area contributed by atoms with E-state index < -0.39 is 5.97 Å². The maximum Gasteiger partial charge on any atom is 0.317 e. The number of carboxylic acids is 1. The SMILES string of the molecule is CC(C)CN(CCC#N)C(=O)NCCCCCCC(=O)O. The molecule has 0 radical (unpaired) electrons. The molecule has 6 nitrogen and oxygen atoms in total. The molecule has 0 fully saturated rings. The Kier molecular flexibility index (Phi) is 11.0. The Morgan fingerprint density at radius 1 is 1.24 bits per heavy atom. The minimum atomic E-state index is -0.759. The molecule has 0 aromatic heterocycles. The van der Waals surface area contributed by atoms with Gasteiger partial charge in [0, 0.05) is 26.1 Å². The molecule has 0 unspecified atom stereocenters. The fourth-order valence-electron chi connectivity index (χ4n) is 1.96. The van der Waals surface area contributed by atoms with Gasteiger partial charge < -0.3 is 15.3 Å². The van der Waals surface area contributed by atoms with E-state index in [0.717, 1.165) is 19.3 Å². The van der Waals surface area contributed by atoms with E-state index >= 15 is 0 Å². The second-order valence-electron chi connectivity index (χ2n) is 5.54. The largest absolute Gasteiger partial charge is 0.481 e. The number of carbonyl (C=O) groups excluding carboxylic acids is 1. The smallest absolute Gasteiger partial charge is 0.317 e. The Morgan fingerprint density at radius 3 is 2.48 bits per heavy atom. The van der Waals surface area contributed by atoms with Gasteiger partial charge in [-0.05, 0) is 18.8 Å². The molecule has 21 heavy (non-hydrogen) atoms. The highest BCUT2D eigenvalue weighted by molar-refractivity contribution is 5.74. The predicted octanol–water partition coefficient (Wildman–Crippen LogP) is 2.60. The highest BCUT2D eigenvalue weighted by Crippen LogP contribution is 2.03. The molecule has 0 aromatic carbocycles. The third-order valence-corrected chi connectivity index (χ3v) is 2.96. The third-order valence-electron chi connectivity index (χ3n) is 2.96. The third kappa shape index (κ3) is 11.7. The first-order valence-corrected chi connectivity index (χ1v) is 7.59. The molecule has 0 bridgehead atoms. The van der Waals surface area contributed by atoms with Crippen LogP contribution in [-0.4, -0.2) is 41.6 Å². The lowest BCUT2D eigenvalue weighted by atomic mass is 10.1. The summed E-state index contributed by atoms with van der Waals surface area (Å²) < 4.78 is 0. The first kappa shape index (κ1) is 19.2. The number of nitrogens with zero attached hydrogens (tertiary/aromatic N) is 2. The number of aliphatic carboxylic acids is 1. The first-order chi connectivity index (χ1) is 9.97. The number of carbonyl (C=O) groups is 2. The van der Waals surface area contributed by atoms with Crippen molar-refractivity contribution in [1.82, 2.24) is 10.2 Å². The predicted molar refractivity (Wildman–Crippen MR) is 80.8 cm³/mol. The maximum atomic E-state index is 12.0. The summed E-state index contributed by atoms with van der Waals surface area (Å²) in [6.07, 6.45) is 3.87. The van der Waals surface area contributed by atoms with Crippen molar-refractivity contribution in [2.45, 2.75) is 52.4 Å². The molecule has 0 atom stereocenters. The highest BCUT2D eigenvalue weighted by Gasteiger charge is 2.13. The molecule has 2 amide bonds. The van der Waals surface area contributed by atoms with E-state index in [-0.39, 0.29) is 12.5 Å². The Bertz CT molecular complexity index is 351.